The number of ether oxygens (including phenoxy) is 1. The van der Waals surface area contributed by atoms with Crippen molar-refractivity contribution in [3.8, 4) is 11.3 Å². The molecular weight excluding hydrogens is 336 g/mol. The van der Waals surface area contributed by atoms with Gasteiger partial charge in [-0.2, -0.15) is 0 Å². The van der Waals surface area contributed by atoms with Crippen LogP contribution in [-0.2, 0) is 4.74 Å². The van der Waals surface area contributed by atoms with Crippen molar-refractivity contribution in [2.24, 2.45) is 0 Å². The van der Waals surface area contributed by atoms with E-state index in [0.29, 0.717) is 14.9 Å². The molecule has 0 radical (unpaired) electrons. The monoisotopic (exact) mass is 342 g/mol. The van der Waals surface area contributed by atoms with Crippen LogP contribution in [0.2, 0.25) is 0 Å². The number of rotatable bonds is 3. The number of esters is 1. The first-order valence-electron chi connectivity index (χ1n) is 5.00. The van der Waals surface area contributed by atoms with Crippen LogP contribution >= 0.6 is 27.3 Å². The van der Waals surface area contributed by atoms with Gasteiger partial charge in [-0.05, 0) is 27.4 Å². The molecule has 2 rings (SSSR count). The predicted molar refractivity (Wildman–Crippen MR) is 73.2 cm³/mol. The van der Waals surface area contributed by atoms with Crippen LogP contribution in [0.4, 0.5) is 5.69 Å². The fourth-order valence-corrected chi connectivity index (χ4v) is 2.65. The first kappa shape index (κ1) is 13.6. The van der Waals surface area contributed by atoms with Gasteiger partial charge in [-0.15, -0.1) is 11.3 Å². The second-order valence-corrected chi connectivity index (χ2v) is 5.27. The van der Waals surface area contributed by atoms with E-state index < -0.39 is 10.9 Å². The summed E-state index contributed by atoms with van der Waals surface area (Å²) in [7, 11) is 1.26. The molecule has 0 saturated heterocycles. The summed E-state index contributed by atoms with van der Waals surface area (Å²) in [6.07, 6.45) is 1.45. The summed E-state index contributed by atoms with van der Waals surface area (Å²) in [4.78, 5) is 26.4. The van der Waals surface area contributed by atoms with Crippen molar-refractivity contribution in [2.75, 3.05) is 7.11 Å². The molecule has 0 unspecified atom stereocenters. The van der Waals surface area contributed by atoms with Gasteiger partial charge in [-0.1, -0.05) is 0 Å². The van der Waals surface area contributed by atoms with E-state index in [2.05, 4.69) is 25.7 Å². The Kier molecular flexibility index (Phi) is 3.91. The minimum Gasteiger partial charge on any atom is -0.465 e. The summed E-state index contributed by atoms with van der Waals surface area (Å²) < 4.78 is 5.14. The minimum atomic E-state index is -0.538. The van der Waals surface area contributed by atoms with Gasteiger partial charge in [0.1, 0.15) is 10.6 Å². The van der Waals surface area contributed by atoms with E-state index in [-0.39, 0.29) is 11.4 Å². The molecule has 2 heterocycles. The van der Waals surface area contributed by atoms with Crippen LogP contribution in [-0.4, -0.2) is 23.0 Å². The molecule has 0 bridgehead atoms. The molecular formula is C11H7BrN2O4S. The van der Waals surface area contributed by atoms with Crippen molar-refractivity contribution < 1.29 is 14.5 Å². The van der Waals surface area contributed by atoms with Crippen molar-refractivity contribution >= 4 is 38.9 Å². The molecule has 2 aromatic heterocycles. The van der Waals surface area contributed by atoms with E-state index in [4.69, 9.17) is 0 Å². The second kappa shape index (κ2) is 5.45. The highest BCUT2D eigenvalue weighted by atomic mass is 79.9. The molecule has 19 heavy (non-hydrogen) atoms. The third-order valence-corrected chi connectivity index (χ3v) is 3.65. The number of hydrogen-bond donors (Lipinski definition) is 0. The summed E-state index contributed by atoms with van der Waals surface area (Å²) in [6.45, 7) is 0. The highest BCUT2D eigenvalue weighted by molar-refractivity contribution is 9.10. The number of hydrogen-bond acceptors (Lipinski definition) is 6. The average molecular weight is 343 g/mol. The molecule has 0 fully saturated rings. The molecule has 98 valence electrons. The van der Waals surface area contributed by atoms with Crippen molar-refractivity contribution in [1.82, 2.24) is 4.98 Å². The fourth-order valence-electron chi connectivity index (χ4n) is 1.52. The standard InChI is InChI=1S/C11H7BrN2O4S/c1-18-11(15)10-7(2-3-19-10)9-8(14(16)17)4-6(12)5-13-9/h2-5H,1H3. The SMILES string of the molecule is COC(=O)c1sccc1-c1ncc(Br)cc1[N+](=O)[O-]. The summed E-state index contributed by atoms with van der Waals surface area (Å²) in [5.41, 5.74) is 0.379. The Morgan fingerprint density at radius 2 is 2.32 bits per heavy atom. The van der Waals surface area contributed by atoms with E-state index in [9.17, 15) is 14.9 Å². The summed E-state index contributed by atoms with van der Waals surface area (Å²) >= 11 is 4.29. The quantitative estimate of drug-likeness (QED) is 0.485. The number of carbonyl (C=O) groups excluding carboxylic acids is 1. The van der Waals surface area contributed by atoms with Gasteiger partial charge in [-0.25, -0.2) is 9.78 Å². The number of aromatic nitrogens is 1. The fraction of sp³-hybridized carbons (Fsp3) is 0.0909. The lowest BCUT2D eigenvalue weighted by Crippen LogP contribution is -2.02. The number of halogens is 1. The van der Waals surface area contributed by atoms with Gasteiger partial charge in [0.05, 0.1) is 12.0 Å². The third-order valence-electron chi connectivity index (χ3n) is 2.32. The molecule has 0 aliphatic heterocycles. The Morgan fingerprint density at radius 3 is 2.95 bits per heavy atom. The molecule has 2 aromatic rings. The number of nitrogens with zero attached hydrogens (tertiary/aromatic N) is 2. The highest BCUT2D eigenvalue weighted by Gasteiger charge is 2.23. The van der Waals surface area contributed by atoms with Crippen molar-refractivity contribution in [3.63, 3.8) is 0 Å². The van der Waals surface area contributed by atoms with Gasteiger partial charge >= 0.3 is 5.97 Å². The molecule has 0 saturated carbocycles. The largest absolute Gasteiger partial charge is 0.465 e. The Hall–Kier alpha value is -1.80. The van der Waals surface area contributed by atoms with Crippen molar-refractivity contribution in [2.45, 2.75) is 0 Å². The molecule has 8 heteroatoms. The number of methoxy groups -OCH3 is 1. The molecule has 0 N–H and O–H groups in total. The summed E-state index contributed by atoms with van der Waals surface area (Å²) in [5.74, 6) is -0.538. The van der Waals surface area contributed by atoms with Crippen LogP contribution in [0.5, 0.6) is 0 Å². The maximum absolute atomic E-state index is 11.6. The Morgan fingerprint density at radius 1 is 1.58 bits per heavy atom. The Balaban J connectivity index is 2.63. The van der Waals surface area contributed by atoms with Crippen molar-refractivity contribution in [3.05, 3.63) is 43.2 Å². The summed E-state index contributed by atoms with van der Waals surface area (Å²) in [5, 5.41) is 12.7. The number of carbonyl (C=O) groups is 1. The maximum atomic E-state index is 11.6. The van der Waals surface area contributed by atoms with Crippen LogP contribution in [0.15, 0.2) is 28.2 Å². The zero-order valence-electron chi connectivity index (χ0n) is 9.62. The normalized spacial score (nSPS) is 10.2. The molecule has 0 spiro atoms. The zero-order chi connectivity index (χ0) is 14.0. The number of pyridine rings is 1. The van der Waals surface area contributed by atoms with Gasteiger partial charge in [-0.3, -0.25) is 10.1 Å². The van der Waals surface area contributed by atoms with E-state index >= 15 is 0 Å². The Bertz CT molecular complexity index is 656. The van der Waals surface area contributed by atoms with E-state index in [0.717, 1.165) is 11.3 Å². The topological polar surface area (TPSA) is 82.3 Å². The minimum absolute atomic E-state index is 0.148. The average Bonchev–Trinajstić information content (AvgIpc) is 2.86. The van der Waals surface area contributed by atoms with Gasteiger partial charge in [0.25, 0.3) is 5.69 Å². The van der Waals surface area contributed by atoms with Crippen LogP contribution in [0.25, 0.3) is 11.3 Å². The Labute approximate surface area is 120 Å². The van der Waals surface area contributed by atoms with Gasteiger partial charge in [0, 0.05) is 22.3 Å². The smallest absolute Gasteiger partial charge is 0.348 e. The third kappa shape index (κ3) is 2.64. The van der Waals surface area contributed by atoms with Crippen LogP contribution in [0, 0.1) is 10.1 Å². The van der Waals surface area contributed by atoms with Crippen LogP contribution in [0.3, 0.4) is 0 Å². The van der Waals surface area contributed by atoms with Gasteiger partial charge in [0.2, 0.25) is 0 Å². The lowest BCUT2D eigenvalue weighted by atomic mass is 10.1. The highest BCUT2D eigenvalue weighted by Crippen LogP contribution is 2.34. The molecule has 0 atom stereocenters. The van der Waals surface area contributed by atoms with Crippen molar-refractivity contribution in [1.29, 1.82) is 0 Å². The lowest BCUT2D eigenvalue weighted by Gasteiger charge is -2.03. The molecule has 0 aliphatic carbocycles. The first-order valence-corrected chi connectivity index (χ1v) is 6.68. The lowest BCUT2D eigenvalue weighted by molar-refractivity contribution is -0.384. The van der Waals surface area contributed by atoms with Crippen LogP contribution in [0.1, 0.15) is 9.67 Å². The molecule has 0 amide bonds. The maximum Gasteiger partial charge on any atom is 0.348 e. The van der Waals surface area contributed by atoms with E-state index in [1.165, 1.54) is 19.4 Å². The summed E-state index contributed by atoms with van der Waals surface area (Å²) in [6, 6.07) is 2.96. The number of nitro groups is 1. The van der Waals surface area contributed by atoms with Gasteiger partial charge < -0.3 is 4.74 Å². The molecule has 0 aromatic carbocycles. The van der Waals surface area contributed by atoms with Gasteiger partial charge in [0.15, 0.2) is 0 Å². The predicted octanol–water partition coefficient (Wildman–Crippen LogP) is 3.27. The molecule has 6 nitrogen and oxygen atoms in total. The number of thiophene rings is 1. The van der Waals surface area contributed by atoms with E-state index in [1.807, 2.05) is 0 Å². The van der Waals surface area contributed by atoms with Crippen LogP contribution < -0.4 is 0 Å². The first-order chi connectivity index (χ1) is 9.04. The molecule has 0 aliphatic rings. The second-order valence-electron chi connectivity index (χ2n) is 3.43. The zero-order valence-corrected chi connectivity index (χ0v) is 12.0. The van der Waals surface area contributed by atoms with E-state index in [1.54, 1.807) is 11.4 Å².